The zero-order valence-corrected chi connectivity index (χ0v) is 14.4. The van der Waals surface area contributed by atoms with Crippen molar-refractivity contribution in [3.8, 4) is 0 Å². The van der Waals surface area contributed by atoms with Crippen molar-refractivity contribution in [1.82, 2.24) is 5.32 Å². The highest BCUT2D eigenvalue weighted by molar-refractivity contribution is 7.14. The Kier molecular flexibility index (Phi) is 5.47. The Hall–Kier alpha value is -1.65. The van der Waals surface area contributed by atoms with Crippen LogP contribution in [0.1, 0.15) is 48.0 Å². The number of hydrogen-bond acceptors (Lipinski definition) is 3. The summed E-state index contributed by atoms with van der Waals surface area (Å²) in [7, 11) is 0. The molecule has 1 aliphatic rings. The van der Waals surface area contributed by atoms with Crippen LogP contribution in [-0.2, 0) is 0 Å². The van der Waals surface area contributed by atoms with Gasteiger partial charge in [-0.05, 0) is 42.0 Å². The lowest BCUT2D eigenvalue weighted by Gasteiger charge is -2.22. The van der Waals surface area contributed by atoms with Gasteiger partial charge >= 0.3 is 0 Å². The molecule has 1 heterocycles. The maximum absolute atomic E-state index is 12.5. The van der Waals surface area contributed by atoms with Crippen LogP contribution < -0.4 is 5.32 Å². The van der Waals surface area contributed by atoms with Crippen LogP contribution in [-0.4, -0.2) is 18.2 Å². The highest BCUT2D eigenvalue weighted by Crippen LogP contribution is 2.27. The standard InChI is InChI=1S/C18H19ClN2OS/c19-14-8-6-13(7-9-14)12-20-18-16(10-11-23-18)17(22)21-15-4-2-1-3-5-15/h6-12,15H,1-5H2,(H,21,22)/b20-12+. The quantitative estimate of drug-likeness (QED) is 0.758. The largest absolute Gasteiger partial charge is 0.349 e. The van der Waals surface area contributed by atoms with Crippen molar-refractivity contribution in [3.05, 3.63) is 51.9 Å². The number of halogens is 1. The minimum atomic E-state index is -0.0126. The predicted molar refractivity (Wildman–Crippen MR) is 97.4 cm³/mol. The summed E-state index contributed by atoms with van der Waals surface area (Å²) in [5, 5.41) is 6.49. The maximum Gasteiger partial charge on any atom is 0.254 e. The summed E-state index contributed by atoms with van der Waals surface area (Å²) in [5.41, 5.74) is 1.62. The number of rotatable bonds is 4. The van der Waals surface area contributed by atoms with Gasteiger partial charge in [0.2, 0.25) is 0 Å². The SMILES string of the molecule is O=C(NC1CCCCC1)c1ccsc1/N=C/c1ccc(Cl)cc1. The first kappa shape index (κ1) is 16.2. The molecule has 23 heavy (non-hydrogen) atoms. The Morgan fingerprint density at radius 3 is 2.65 bits per heavy atom. The first-order chi connectivity index (χ1) is 11.2. The molecule has 0 atom stereocenters. The van der Waals surface area contributed by atoms with Gasteiger partial charge in [-0.3, -0.25) is 4.79 Å². The molecule has 120 valence electrons. The third-order valence-corrected chi connectivity index (χ3v) is 5.10. The average Bonchev–Trinajstić information content (AvgIpc) is 3.04. The number of amides is 1. The Labute approximate surface area is 145 Å². The third kappa shape index (κ3) is 4.43. The molecule has 1 aromatic heterocycles. The molecule has 1 aromatic carbocycles. The molecule has 0 aliphatic heterocycles. The molecule has 1 amide bonds. The lowest BCUT2D eigenvalue weighted by Crippen LogP contribution is -2.35. The molecule has 0 spiro atoms. The van der Waals surface area contributed by atoms with Crippen molar-refractivity contribution < 1.29 is 4.79 Å². The smallest absolute Gasteiger partial charge is 0.254 e. The Morgan fingerprint density at radius 2 is 1.91 bits per heavy atom. The molecule has 3 nitrogen and oxygen atoms in total. The Bertz CT molecular complexity index is 687. The van der Waals surface area contributed by atoms with Crippen LogP contribution in [0.4, 0.5) is 5.00 Å². The van der Waals surface area contributed by atoms with Gasteiger partial charge in [0.05, 0.1) is 5.56 Å². The van der Waals surface area contributed by atoms with E-state index in [1.165, 1.54) is 30.6 Å². The molecule has 0 radical (unpaired) electrons. The fourth-order valence-electron chi connectivity index (χ4n) is 2.77. The van der Waals surface area contributed by atoms with Gasteiger partial charge < -0.3 is 5.32 Å². The van der Waals surface area contributed by atoms with E-state index in [2.05, 4.69) is 10.3 Å². The first-order valence-corrected chi connectivity index (χ1v) is 9.16. The summed E-state index contributed by atoms with van der Waals surface area (Å²) in [5.74, 6) is -0.0126. The number of hydrogen-bond donors (Lipinski definition) is 1. The molecule has 1 aliphatic carbocycles. The van der Waals surface area contributed by atoms with Crippen LogP contribution in [0.3, 0.4) is 0 Å². The molecule has 1 fully saturated rings. The van der Waals surface area contributed by atoms with Crippen LogP contribution in [0.25, 0.3) is 0 Å². The number of nitrogens with one attached hydrogen (secondary N) is 1. The average molecular weight is 347 g/mol. The van der Waals surface area contributed by atoms with Crippen molar-refractivity contribution in [1.29, 1.82) is 0 Å². The third-order valence-electron chi connectivity index (χ3n) is 4.03. The Morgan fingerprint density at radius 1 is 1.17 bits per heavy atom. The van der Waals surface area contributed by atoms with Crippen molar-refractivity contribution in [3.63, 3.8) is 0 Å². The van der Waals surface area contributed by atoms with Crippen molar-refractivity contribution in [2.45, 2.75) is 38.1 Å². The number of thiophene rings is 1. The summed E-state index contributed by atoms with van der Waals surface area (Å²) in [6.07, 6.45) is 7.62. The molecule has 5 heteroatoms. The van der Waals surface area contributed by atoms with E-state index in [1.54, 1.807) is 6.21 Å². The fraction of sp³-hybridized carbons (Fsp3) is 0.333. The van der Waals surface area contributed by atoms with Crippen LogP contribution in [0, 0.1) is 0 Å². The zero-order valence-electron chi connectivity index (χ0n) is 12.8. The van der Waals surface area contributed by atoms with Crippen LogP contribution >= 0.6 is 22.9 Å². The molecular weight excluding hydrogens is 328 g/mol. The molecule has 0 saturated heterocycles. The van der Waals surface area contributed by atoms with E-state index in [0.717, 1.165) is 23.4 Å². The second-order valence-corrected chi connectivity index (χ2v) is 7.09. The Balaban J connectivity index is 1.68. The van der Waals surface area contributed by atoms with E-state index in [1.807, 2.05) is 35.7 Å². The van der Waals surface area contributed by atoms with E-state index in [4.69, 9.17) is 11.6 Å². The first-order valence-electron chi connectivity index (χ1n) is 7.90. The van der Waals surface area contributed by atoms with Crippen molar-refractivity contribution in [2.75, 3.05) is 0 Å². The topological polar surface area (TPSA) is 41.5 Å². The molecule has 3 rings (SSSR count). The molecule has 0 bridgehead atoms. The lowest BCUT2D eigenvalue weighted by molar-refractivity contribution is 0.0929. The zero-order chi connectivity index (χ0) is 16.1. The van der Waals surface area contributed by atoms with Gasteiger partial charge in [0, 0.05) is 17.3 Å². The molecule has 1 saturated carbocycles. The van der Waals surface area contributed by atoms with Gasteiger partial charge in [-0.1, -0.05) is 43.0 Å². The minimum absolute atomic E-state index is 0.0126. The fourth-order valence-corrected chi connectivity index (χ4v) is 3.63. The second-order valence-electron chi connectivity index (χ2n) is 5.76. The highest BCUT2D eigenvalue weighted by Gasteiger charge is 2.18. The van der Waals surface area contributed by atoms with Crippen molar-refractivity contribution >= 4 is 40.1 Å². The van der Waals surface area contributed by atoms with Crippen LogP contribution in [0.15, 0.2) is 40.7 Å². The van der Waals surface area contributed by atoms with E-state index < -0.39 is 0 Å². The van der Waals surface area contributed by atoms with Gasteiger partial charge in [-0.15, -0.1) is 11.3 Å². The van der Waals surface area contributed by atoms with Gasteiger partial charge in [0.15, 0.2) is 0 Å². The van der Waals surface area contributed by atoms with Crippen LogP contribution in [0.5, 0.6) is 0 Å². The highest BCUT2D eigenvalue weighted by atomic mass is 35.5. The van der Waals surface area contributed by atoms with Gasteiger partial charge in [0.25, 0.3) is 5.91 Å². The summed E-state index contributed by atoms with van der Waals surface area (Å²) in [6.45, 7) is 0. The molecule has 0 unspecified atom stereocenters. The van der Waals surface area contributed by atoms with Gasteiger partial charge in [-0.2, -0.15) is 0 Å². The summed E-state index contributed by atoms with van der Waals surface area (Å²) >= 11 is 7.35. The summed E-state index contributed by atoms with van der Waals surface area (Å²) in [4.78, 5) is 16.9. The van der Waals surface area contributed by atoms with E-state index in [0.29, 0.717) is 16.6 Å². The van der Waals surface area contributed by atoms with E-state index in [9.17, 15) is 4.79 Å². The lowest BCUT2D eigenvalue weighted by atomic mass is 9.95. The van der Waals surface area contributed by atoms with Gasteiger partial charge in [0.1, 0.15) is 5.00 Å². The minimum Gasteiger partial charge on any atom is -0.349 e. The predicted octanol–water partition coefficient (Wildman–Crippen LogP) is 5.21. The second kappa shape index (κ2) is 7.75. The summed E-state index contributed by atoms with van der Waals surface area (Å²) < 4.78 is 0. The molecule has 1 N–H and O–H groups in total. The number of benzene rings is 1. The van der Waals surface area contributed by atoms with E-state index in [-0.39, 0.29) is 5.91 Å². The maximum atomic E-state index is 12.5. The summed E-state index contributed by atoms with van der Waals surface area (Å²) in [6, 6.07) is 9.62. The number of aliphatic imine (C=N–C) groups is 1. The molecule has 2 aromatic rings. The van der Waals surface area contributed by atoms with Crippen molar-refractivity contribution in [2.24, 2.45) is 4.99 Å². The molecular formula is C18H19ClN2OS. The van der Waals surface area contributed by atoms with E-state index >= 15 is 0 Å². The number of carbonyl (C=O) groups excluding carboxylic acids is 1. The number of nitrogens with zero attached hydrogens (tertiary/aromatic N) is 1. The van der Waals surface area contributed by atoms with Gasteiger partial charge in [-0.25, -0.2) is 4.99 Å². The monoisotopic (exact) mass is 346 g/mol. The normalized spacial score (nSPS) is 15.9. The van der Waals surface area contributed by atoms with Crippen LogP contribution in [0.2, 0.25) is 5.02 Å². The number of carbonyl (C=O) groups is 1.